The fourth-order valence-corrected chi connectivity index (χ4v) is 4.92. The molecule has 2 aliphatic rings. The highest BCUT2D eigenvalue weighted by Crippen LogP contribution is 2.32. The molecule has 4 heterocycles. The van der Waals surface area contributed by atoms with Gasteiger partial charge in [-0.25, -0.2) is 19.8 Å². The summed E-state index contributed by atoms with van der Waals surface area (Å²) in [6.45, 7) is 6.72. The largest absolute Gasteiger partial charge is 0.486 e. The molecule has 2 unspecified atom stereocenters. The predicted molar refractivity (Wildman–Crippen MR) is 160 cm³/mol. The summed E-state index contributed by atoms with van der Waals surface area (Å²) in [5, 5.41) is 7.83. The number of fused-ring (bicyclic) bond motifs is 2. The molecule has 0 spiro atoms. The number of aromatic nitrogens is 3. The van der Waals surface area contributed by atoms with Gasteiger partial charge in [-0.2, -0.15) is 0 Å². The number of nitrogens with zero attached hydrogens (tertiary/aromatic N) is 5. The Kier molecular flexibility index (Phi) is 7.42. The van der Waals surface area contributed by atoms with Crippen LogP contribution in [0, 0.1) is 0 Å². The molecule has 0 aliphatic carbocycles. The first-order chi connectivity index (χ1) is 20.2. The van der Waals surface area contributed by atoms with Crippen LogP contribution in [0.25, 0.3) is 10.9 Å². The lowest BCUT2D eigenvalue weighted by molar-refractivity contribution is 0.0271. The van der Waals surface area contributed by atoms with Crippen LogP contribution in [0.4, 0.5) is 22.0 Å². The summed E-state index contributed by atoms with van der Waals surface area (Å²) in [6.07, 6.45) is 2.65. The molecule has 42 heavy (non-hydrogen) atoms. The van der Waals surface area contributed by atoms with Gasteiger partial charge in [-0.15, -0.1) is 0 Å². The number of rotatable bonds is 6. The van der Waals surface area contributed by atoms with Crippen molar-refractivity contribution in [3.05, 3.63) is 77.8 Å². The van der Waals surface area contributed by atoms with E-state index in [-0.39, 0.29) is 18.2 Å². The zero-order chi connectivity index (χ0) is 29.3. The third-order valence-corrected chi connectivity index (χ3v) is 6.91. The molecule has 2 aliphatic heterocycles. The van der Waals surface area contributed by atoms with Crippen LogP contribution in [0.3, 0.4) is 0 Å². The summed E-state index contributed by atoms with van der Waals surface area (Å²) < 4.78 is 17.3. The lowest BCUT2D eigenvalue weighted by Crippen LogP contribution is -2.36. The molecule has 216 valence electrons. The minimum Gasteiger partial charge on any atom is -0.486 e. The number of aliphatic imine (C=N–C) groups is 1. The van der Waals surface area contributed by atoms with E-state index in [0.29, 0.717) is 42.3 Å². The first-order valence-electron chi connectivity index (χ1n) is 13.5. The summed E-state index contributed by atoms with van der Waals surface area (Å²) in [7, 11) is 0. The monoisotopic (exact) mass is 587 g/mol. The van der Waals surface area contributed by atoms with E-state index in [1.807, 2.05) is 63.2 Å². The number of amidine groups is 1. The third-order valence-electron chi connectivity index (χ3n) is 6.62. The molecule has 1 amide bonds. The molecule has 2 aromatic carbocycles. The molecular formula is C30H30ClN7O4. The Morgan fingerprint density at radius 2 is 1.88 bits per heavy atom. The number of carbonyl (C=O) groups is 1. The van der Waals surface area contributed by atoms with Crippen LogP contribution >= 0.6 is 11.6 Å². The topological polar surface area (TPSA) is 123 Å². The number of amides is 1. The Balaban J connectivity index is 1.12. The smallest absolute Gasteiger partial charge is 0.410 e. The Morgan fingerprint density at radius 1 is 1.05 bits per heavy atom. The minimum absolute atomic E-state index is 0.151. The standard InChI is InChI=1S/C30H30ClN7O4/c1-30(2,3)42-29(39)38-14-24-26(15-38)41-28(37-24)36-18-7-9-23-21(12-18)27(34-17-33-23)35-19-8-10-25(22(31)13-19)40-16-20-6-4-5-11-32-20/h4-13,17,24,26H,14-16H2,1-3H3,(H,36,37)(H,33,34,35). The van der Waals surface area contributed by atoms with E-state index in [1.165, 1.54) is 6.33 Å². The Morgan fingerprint density at radius 3 is 2.64 bits per heavy atom. The van der Waals surface area contributed by atoms with Gasteiger partial charge in [0.25, 0.3) is 6.02 Å². The second kappa shape index (κ2) is 11.3. The van der Waals surface area contributed by atoms with Crippen molar-refractivity contribution in [2.75, 3.05) is 23.7 Å². The molecule has 4 aromatic rings. The highest BCUT2D eigenvalue weighted by Gasteiger charge is 2.42. The van der Waals surface area contributed by atoms with Gasteiger partial charge in [-0.05, 0) is 69.3 Å². The third kappa shape index (κ3) is 6.31. The highest BCUT2D eigenvalue weighted by atomic mass is 35.5. The molecule has 2 aromatic heterocycles. The van der Waals surface area contributed by atoms with Gasteiger partial charge in [0.2, 0.25) is 0 Å². The minimum atomic E-state index is -0.552. The zero-order valence-electron chi connectivity index (χ0n) is 23.4. The van der Waals surface area contributed by atoms with E-state index >= 15 is 0 Å². The van der Waals surface area contributed by atoms with Crippen molar-refractivity contribution in [3.63, 3.8) is 0 Å². The normalized spacial score (nSPS) is 17.8. The molecular weight excluding hydrogens is 558 g/mol. The fraction of sp³-hybridized carbons (Fsp3) is 0.300. The van der Waals surface area contributed by atoms with Crippen molar-refractivity contribution in [1.29, 1.82) is 0 Å². The maximum atomic E-state index is 12.4. The summed E-state index contributed by atoms with van der Waals surface area (Å²) in [5.74, 6) is 1.17. The first-order valence-corrected chi connectivity index (χ1v) is 13.9. The summed E-state index contributed by atoms with van der Waals surface area (Å²) in [4.78, 5) is 31.8. The van der Waals surface area contributed by atoms with Gasteiger partial charge < -0.3 is 29.7 Å². The van der Waals surface area contributed by atoms with Crippen LogP contribution in [-0.4, -0.2) is 62.8 Å². The number of halogens is 1. The molecule has 0 bridgehead atoms. The maximum absolute atomic E-state index is 12.4. The molecule has 6 rings (SSSR count). The predicted octanol–water partition coefficient (Wildman–Crippen LogP) is 5.79. The van der Waals surface area contributed by atoms with E-state index in [1.54, 1.807) is 23.2 Å². The average Bonchev–Trinajstić information content (AvgIpc) is 3.52. The van der Waals surface area contributed by atoms with Crippen molar-refractivity contribution in [2.45, 2.75) is 45.1 Å². The van der Waals surface area contributed by atoms with Crippen LogP contribution in [0.2, 0.25) is 5.02 Å². The number of likely N-dealkylation sites (tertiary alicyclic amines) is 1. The zero-order valence-corrected chi connectivity index (χ0v) is 24.1. The first kappa shape index (κ1) is 27.5. The van der Waals surface area contributed by atoms with Crippen molar-refractivity contribution in [2.24, 2.45) is 4.99 Å². The second-order valence-corrected chi connectivity index (χ2v) is 11.4. The van der Waals surface area contributed by atoms with E-state index in [9.17, 15) is 4.79 Å². The van der Waals surface area contributed by atoms with Crippen molar-refractivity contribution in [1.82, 2.24) is 19.9 Å². The summed E-state index contributed by atoms with van der Waals surface area (Å²) >= 11 is 6.51. The Hall–Kier alpha value is -4.64. The second-order valence-electron chi connectivity index (χ2n) is 11.0. The van der Waals surface area contributed by atoms with Crippen LogP contribution in [-0.2, 0) is 16.1 Å². The van der Waals surface area contributed by atoms with Crippen LogP contribution in [0.5, 0.6) is 5.75 Å². The number of pyridine rings is 1. The number of hydrogen-bond acceptors (Lipinski definition) is 10. The molecule has 0 radical (unpaired) electrons. The molecule has 11 nitrogen and oxygen atoms in total. The molecule has 1 fully saturated rings. The maximum Gasteiger partial charge on any atom is 0.410 e. The summed E-state index contributed by atoms with van der Waals surface area (Å²) in [6, 6.07) is 17.1. The van der Waals surface area contributed by atoms with Crippen LogP contribution in [0.1, 0.15) is 26.5 Å². The van der Waals surface area contributed by atoms with E-state index < -0.39 is 5.60 Å². The number of carbonyl (C=O) groups excluding carboxylic acids is 1. The molecule has 2 atom stereocenters. The Labute approximate surface area is 247 Å². The highest BCUT2D eigenvalue weighted by molar-refractivity contribution is 6.32. The van der Waals surface area contributed by atoms with Crippen molar-refractivity contribution < 1.29 is 19.0 Å². The van der Waals surface area contributed by atoms with Crippen molar-refractivity contribution >= 4 is 51.8 Å². The fourth-order valence-electron chi connectivity index (χ4n) is 4.68. The van der Waals surface area contributed by atoms with Gasteiger partial charge in [0.15, 0.2) is 0 Å². The number of nitrogens with one attached hydrogen (secondary N) is 2. The number of benzene rings is 2. The van der Waals surface area contributed by atoms with Gasteiger partial charge >= 0.3 is 6.09 Å². The van der Waals surface area contributed by atoms with E-state index in [0.717, 1.165) is 28.0 Å². The lowest BCUT2D eigenvalue weighted by Gasteiger charge is -2.24. The molecule has 1 saturated heterocycles. The number of ether oxygens (including phenoxy) is 3. The molecule has 12 heteroatoms. The van der Waals surface area contributed by atoms with E-state index in [4.69, 9.17) is 25.8 Å². The van der Waals surface area contributed by atoms with Gasteiger partial charge in [0.1, 0.15) is 42.2 Å². The molecule has 2 N–H and O–H groups in total. The van der Waals surface area contributed by atoms with Crippen LogP contribution < -0.4 is 15.4 Å². The van der Waals surface area contributed by atoms with E-state index in [2.05, 4.69) is 30.6 Å². The van der Waals surface area contributed by atoms with Crippen LogP contribution in [0.15, 0.2) is 72.1 Å². The van der Waals surface area contributed by atoms with Crippen molar-refractivity contribution in [3.8, 4) is 5.75 Å². The quantitative estimate of drug-likeness (QED) is 0.288. The van der Waals surface area contributed by atoms with Gasteiger partial charge in [-0.3, -0.25) is 4.98 Å². The molecule has 0 saturated carbocycles. The van der Waals surface area contributed by atoms with Gasteiger partial charge in [-0.1, -0.05) is 17.7 Å². The number of hydrogen-bond donors (Lipinski definition) is 2. The Bertz CT molecular complexity index is 1640. The lowest BCUT2D eigenvalue weighted by atomic mass is 10.2. The average molecular weight is 588 g/mol. The SMILES string of the molecule is CC(C)(C)OC(=O)N1CC2N=C(Nc3ccc4ncnc(Nc5ccc(OCc6ccccn6)c(Cl)c5)c4c3)OC2C1. The van der Waals surface area contributed by atoms with Gasteiger partial charge in [0.05, 0.1) is 29.3 Å². The number of anilines is 3. The summed E-state index contributed by atoms with van der Waals surface area (Å²) in [5.41, 5.74) is 2.53. The van der Waals surface area contributed by atoms with Gasteiger partial charge in [0, 0.05) is 23.0 Å².